The zero-order valence-corrected chi connectivity index (χ0v) is 11.8. The van der Waals surface area contributed by atoms with Crippen LogP contribution in [0.25, 0.3) is 0 Å². The van der Waals surface area contributed by atoms with Gasteiger partial charge in [0.15, 0.2) is 0 Å². The minimum atomic E-state index is 0.149. The van der Waals surface area contributed by atoms with Crippen LogP contribution >= 0.6 is 11.3 Å². The molecule has 1 heteroatoms. The van der Waals surface area contributed by atoms with Gasteiger partial charge in [0.05, 0.1) is 5.92 Å². The van der Waals surface area contributed by atoms with Crippen LogP contribution in [0.3, 0.4) is 0 Å². The van der Waals surface area contributed by atoms with Gasteiger partial charge in [-0.15, -0.1) is 11.3 Å². The molecule has 0 N–H and O–H groups in total. The number of hydrogen-bond donors (Lipinski definition) is 0. The van der Waals surface area contributed by atoms with E-state index in [0.29, 0.717) is 0 Å². The monoisotopic (exact) mass is 274 g/mol. The van der Waals surface area contributed by atoms with Crippen LogP contribution in [0.15, 0.2) is 78.2 Å². The van der Waals surface area contributed by atoms with Gasteiger partial charge >= 0.3 is 0 Å². The van der Waals surface area contributed by atoms with Crippen molar-refractivity contribution in [3.8, 4) is 11.8 Å². The topological polar surface area (TPSA) is 0 Å². The van der Waals surface area contributed by atoms with Crippen LogP contribution in [0, 0.1) is 11.8 Å². The molecule has 1 unspecified atom stereocenters. The van der Waals surface area contributed by atoms with Crippen molar-refractivity contribution in [3.63, 3.8) is 0 Å². The SMILES string of the molecule is C(#CC(c1ccccc1)c1cccs1)c1ccccc1. The Labute approximate surface area is 123 Å². The van der Waals surface area contributed by atoms with Gasteiger partial charge in [0.2, 0.25) is 0 Å². The van der Waals surface area contributed by atoms with Gasteiger partial charge < -0.3 is 0 Å². The van der Waals surface area contributed by atoms with E-state index in [1.165, 1.54) is 10.4 Å². The van der Waals surface area contributed by atoms with E-state index in [1.807, 2.05) is 36.4 Å². The van der Waals surface area contributed by atoms with Crippen molar-refractivity contribution in [1.82, 2.24) is 0 Å². The van der Waals surface area contributed by atoms with Crippen molar-refractivity contribution >= 4 is 11.3 Å². The van der Waals surface area contributed by atoms with E-state index < -0.39 is 0 Å². The first-order valence-corrected chi connectivity index (χ1v) is 7.46. The Hall–Kier alpha value is -2.30. The Morgan fingerprint density at radius 2 is 1.45 bits per heavy atom. The van der Waals surface area contributed by atoms with Gasteiger partial charge in [-0.05, 0) is 29.1 Å². The lowest BCUT2D eigenvalue weighted by Crippen LogP contribution is -1.95. The molecule has 0 fully saturated rings. The molecule has 96 valence electrons. The highest BCUT2D eigenvalue weighted by atomic mass is 32.1. The maximum absolute atomic E-state index is 3.42. The summed E-state index contributed by atoms with van der Waals surface area (Å²) in [5.41, 5.74) is 2.31. The van der Waals surface area contributed by atoms with Crippen LogP contribution in [-0.4, -0.2) is 0 Å². The lowest BCUT2D eigenvalue weighted by Gasteiger charge is -2.08. The first kappa shape index (κ1) is 12.7. The number of rotatable bonds is 2. The van der Waals surface area contributed by atoms with Crippen molar-refractivity contribution in [1.29, 1.82) is 0 Å². The highest BCUT2D eigenvalue weighted by molar-refractivity contribution is 7.10. The summed E-state index contributed by atoms with van der Waals surface area (Å²) in [7, 11) is 0. The fourth-order valence-corrected chi connectivity index (χ4v) is 2.90. The van der Waals surface area contributed by atoms with Gasteiger partial charge in [-0.1, -0.05) is 66.4 Å². The predicted molar refractivity (Wildman–Crippen MR) is 85.9 cm³/mol. The summed E-state index contributed by atoms with van der Waals surface area (Å²) < 4.78 is 0. The molecule has 0 bridgehead atoms. The fourth-order valence-electron chi connectivity index (χ4n) is 2.10. The second-order valence-corrected chi connectivity index (χ2v) is 5.47. The molecule has 20 heavy (non-hydrogen) atoms. The normalized spacial score (nSPS) is 11.4. The highest BCUT2D eigenvalue weighted by Gasteiger charge is 2.11. The minimum Gasteiger partial charge on any atom is -0.147 e. The minimum absolute atomic E-state index is 0.149. The third-order valence-corrected chi connectivity index (χ3v) is 4.03. The number of benzene rings is 2. The average molecular weight is 274 g/mol. The first-order valence-electron chi connectivity index (χ1n) is 6.58. The van der Waals surface area contributed by atoms with E-state index in [9.17, 15) is 0 Å². The van der Waals surface area contributed by atoms with Crippen molar-refractivity contribution < 1.29 is 0 Å². The summed E-state index contributed by atoms with van der Waals surface area (Å²) in [6.07, 6.45) is 0. The largest absolute Gasteiger partial charge is 0.147 e. The third kappa shape index (κ3) is 2.99. The molecule has 0 radical (unpaired) electrons. The molecule has 0 saturated heterocycles. The van der Waals surface area contributed by atoms with Crippen LogP contribution in [0.5, 0.6) is 0 Å². The molecule has 1 atom stereocenters. The number of hydrogen-bond acceptors (Lipinski definition) is 1. The van der Waals surface area contributed by atoms with Crippen LogP contribution in [0.4, 0.5) is 0 Å². The van der Waals surface area contributed by atoms with Gasteiger partial charge in [-0.3, -0.25) is 0 Å². The van der Waals surface area contributed by atoms with Gasteiger partial charge in [-0.25, -0.2) is 0 Å². The second kappa shape index (κ2) is 6.23. The van der Waals surface area contributed by atoms with Crippen molar-refractivity contribution in [2.24, 2.45) is 0 Å². The highest BCUT2D eigenvalue weighted by Crippen LogP contribution is 2.27. The number of thiophene rings is 1. The second-order valence-electron chi connectivity index (χ2n) is 4.49. The molecule has 0 aliphatic carbocycles. The Morgan fingerprint density at radius 1 is 0.750 bits per heavy atom. The van der Waals surface area contributed by atoms with E-state index in [2.05, 4.69) is 53.6 Å². The summed E-state index contributed by atoms with van der Waals surface area (Å²) in [6.45, 7) is 0. The van der Waals surface area contributed by atoms with Crippen molar-refractivity contribution in [3.05, 3.63) is 94.2 Å². The lowest BCUT2D eigenvalue weighted by molar-refractivity contribution is 1.10. The van der Waals surface area contributed by atoms with Crippen molar-refractivity contribution in [2.45, 2.75) is 5.92 Å². The van der Waals surface area contributed by atoms with Gasteiger partial charge in [0.25, 0.3) is 0 Å². The quantitative estimate of drug-likeness (QED) is 0.581. The first-order chi connectivity index (χ1) is 9.93. The molecule has 3 rings (SSSR count). The van der Waals surface area contributed by atoms with E-state index >= 15 is 0 Å². The zero-order valence-electron chi connectivity index (χ0n) is 11.0. The zero-order chi connectivity index (χ0) is 13.6. The molecular formula is C19H14S. The van der Waals surface area contributed by atoms with Crippen LogP contribution in [0.1, 0.15) is 21.9 Å². The summed E-state index contributed by atoms with van der Waals surface area (Å²) >= 11 is 1.76. The summed E-state index contributed by atoms with van der Waals surface area (Å²) in [4.78, 5) is 1.29. The predicted octanol–water partition coefficient (Wildman–Crippen LogP) is 4.93. The molecule has 0 saturated carbocycles. The van der Waals surface area contributed by atoms with E-state index in [-0.39, 0.29) is 5.92 Å². The molecular weight excluding hydrogens is 260 g/mol. The van der Waals surface area contributed by atoms with Crippen molar-refractivity contribution in [2.75, 3.05) is 0 Å². The van der Waals surface area contributed by atoms with Gasteiger partial charge in [-0.2, -0.15) is 0 Å². The van der Waals surface area contributed by atoms with E-state index in [4.69, 9.17) is 0 Å². The standard InChI is InChI=1S/C19H14S/c1-3-8-16(9-4-1)13-14-18(19-12-7-15-20-19)17-10-5-2-6-11-17/h1-12,15,18H. The molecule has 3 aromatic rings. The van der Waals surface area contributed by atoms with E-state index in [0.717, 1.165) is 5.56 Å². The maximum atomic E-state index is 3.42. The van der Waals surface area contributed by atoms with Crippen LogP contribution < -0.4 is 0 Å². The Morgan fingerprint density at radius 3 is 2.10 bits per heavy atom. The van der Waals surface area contributed by atoms with Gasteiger partial charge in [0, 0.05) is 10.4 Å². The summed E-state index contributed by atoms with van der Waals surface area (Å²) in [5.74, 6) is 6.85. The average Bonchev–Trinajstić information content (AvgIpc) is 3.04. The Kier molecular flexibility index (Phi) is 3.96. The fraction of sp³-hybridized carbons (Fsp3) is 0.0526. The molecule has 0 amide bonds. The molecule has 0 nitrogen and oxygen atoms in total. The third-order valence-electron chi connectivity index (χ3n) is 3.10. The summed E-state index contributed by atoms with van der Waals surface area (Å²) in [5, 5.41) is 2.11. The Balaban J connectivity index is 1.98. The van der Waals surface area contributed by atoms with Crippen LogP contribution in [-0.2, 0) is 0 Å². The maximum Gasteiger partial charge on any atom is 0.0798 e. The van der Waals surface area contributed by atoms with E-state index in [1.54, 1.807) is 11.3 Å². The molecule has 0 spiro atoms. The lowest BCUT2D eigenvalue weighted by atomic mass is 9.97. The molecule has 0 aliphatic rings. The molecule has 1 aromatic heterocycles. The Bertz CT molecular complexity index is 701. The molecule has 1 heterocycles. The molecule has 0 aliphatic heterocycles. The smallest absolute Gasteiger partial charge is 0.0798 e. The summed E-state index contributed by atoms with van der Waals surface area (Å²) in [6, 6.07) is 24.8. The van der Waals surface area contributed by atoms with Gasteiger partial charge in [0.1, 0.15) is 0 Å². The molecule has 2 aromatic carbocycles. The van der Waals surface area contributed by atoms with Crippen LogP contribution in [0.2, 0.25) is 0 Å².